The van der Waals surface area contributed by atoms with Crippen molar-refractivity contribution in [3.8, 4) is 17.2 Å². The summed E-state index contributed by atoms with van der Waals surface area (Å²) in [7, 11) is 0. The minimum atomic E-state index is -1.51. The van der Waals surface area contributed by atoms with Crippen LogP contribution in [0, 0.1) is 5.82 Å². The second-order valence-electron chi connectivity index (χ2n) is 11.3. The van der Waals surface area contributed by atoms with Crippen LogP contribution in [0.3, 0.4) is 0 Å². The molecule has 0 bridgehead atoms. The Kier molecular flexibility index (Phi) is 10.5. The Morgan fingerprint density at radius 2 is 1.72 bits per heavy atom. The van der Waals surface area contributed by atoms with E-state index < -0.39 is 72.9 Å². The van der Waals surface area contributed by atoms with Crippen molar-refractivity contribution < 1.29 is 63.5 Å². The van der Waals surface area contributed by atoms with E-state index >= 15 is 0 Å². The number of ether oxygens (including phenoxy) is 5. The lowest BCUT2D eigenvalue weighted by molar-refractivity contribution is -0.155. The molecule has 1 saturated carbocycles. The highest BCUT2D eigenvalue weighted by Gasteiger charge is 2.53. The third kappa shape index (κ3) is 7.15. The topological polar surface area (TPSA) is 197 Å². The van der Waals surface area contributed by atoms with Gasteiger partial charge < -0.3 is 59.6 Å². The van der Waals surface area contributed by atoms with E-state index in [0.29, 0.717) is 11.1 Å². The van der Waals surface area contributed by atoms with Gasteiger partial charge in [0.15, 0.2) is 11.5 Å². The fourth-order valence-corrected chi connectivity index (χ4v) is 5.58. The standard InChI is InChI=1S/C31H35ClFNO12/c1-13(7-8-42-16-4-5-17(32)18(33)11-16)27-25(39)26(40)31(46-27)45-20-6-3-15(10-19(20)35)9-14(2)30(41)34-21-22(36)24(38)29-28(23(21)37)43-12-44-29/h3-7,9-11,21-29,31,35-40H,8,12H2,1-2H3,(H,34,41)/b13-7+,14-9+/t21-,22+,23-,24-,25+,26+,27-,28+,29-,31-/m1/s1. The van der Waals surface area contributed by atoms with E-state index in [4.69, 9.17) is 35.3 Å². The van der Waals surface area contributed by atoms with Crippen LogP contribution in [-0.2, 0) is 19.0 Å². The molecule has 0 spiro atoms. The zero-order valence-corrected chi connectivity index (χ0v) is 25.5. The number of rotatable bonds is 9. The van der Waals surface area contributed by atoms with Gasteiger partial charge in [0.25, 0.3) is 0 Å². The molecule has 0 radical (unpaired) electrons. The molecule has 5 rings (SSSR count). The van der Waals surface area contributed by atoms with Crippen LogP contribution in [0.1, 0.15) is 19.4 Å². The first-order chi connectivity index (χ1) is 21.8. The number of carbonyl (C=O) groups is 1. The second-order valence-corrected chi connectivity index (χ2v) is 11.7. The summed E-state index contributed by atoms with van der Waals surface area (Å²) in [6, 6.07) is 6.97. The number of fused-ring (bicyclic) bond motifs is 1. The fraction of sp³-hybridized carbons (Fsp3) is 0.452. The van der Waals surface area contributed by atoms with Crippen LogP contribution in [0.4, 0.5) is 4.39 Å². The first kappa shape index (κ1) is 34.0. The molecule has 0 unspecified atom stereocenters. The summed E-state index contributed by atoms with van der Waals surface area (Å²) in [6.45, 7) is 2.99. The highest BCUT2D eigenvalue weighted by Crippen LogP contribution is 2.34. The lowest BCUT2D eigenvalue weighted by atomic mass is 9.83. The number of benzene rings is 2. The number of halogens is 2. The molecule has 46 heavy (non-hydrogen) atoms. The van der Waals surface area contributed by atoms with Crippen molar-refractivity contribution in [2.45, 2.75) is 75.0 Å². The fourth-order valence-electron chi connectivity index (χ4n) is 5.46. The quantitative estimate of drug-likeness (QED) is 0.147. The molecule has 15 heteroatoms. The monoisotopic (exact) mass is 667 g/mol. The van der Waals surface area contributed by atoms with E-state index in [0.717, 1.165) is 6.07 Å². The first-order valence-corrected chi connectivity index (χ1v) is 14.8. The van der Waals surface area contributed by atoms with Gasteiger partial charge in [0.2, 0.25) is 12.2 Å². The Bertz CT molecular complexity index is 1490. The van der Waals surface area contributed by atoms with Crippen molar-refractivity contribution in [1.29, 1.82) is 0 Å². The van der Waals surface area contributed by atoms with Gasteiger partial charge in [-0.3, -0.25) is 4.79 Å². The summed E-state index contributed by atoms with van der Waals surface area (Å²) in [5.41, 5.74) is 1.05. The Morgan fingerprint density at radius 3 is 2.41 bits per heavy atom. The van der Waals surface area contributed by atoms with Gasteiger partial charge in [0.05, 0.1) is 11.1 Å². The van der Waals surface area contributed by atoms with Crippen LogP contribution in [0.15, 0.2) is 53.6 Å². The number of hydrogen-bond acceptors (Lipinski definition) is 12. The molecule has 2 heterocycles. The van der Waals surface area contributed by atoms with Gasteiger partial charge in [-0.25, -0.2) is 4.39 Å². The Labute approximate surface area is 268 Å². The molecule has 3 fully saturated rings. The van der Waals surface area contributed by atoms with Crippen LogP contribution in [0.5, 0.6) is 17.2 Å². The number of hydrogen-bond donors (Lipinski definition) is 7. The number of carbonyl (C=O) groups excluding carboxylic acids is 1. The van der Waals surface area contributed by atoms with Gasteiger partial charge in [0, 0.05) is 11.6 Å². The lowest BCUT2D eigenvalue weighted by Crippen LogP contribution is -2.67. The smallest absolute Gasteiger partial charge is 0.247 e. The number of phenols is 1. The molecule has 7 N–H and O–H groups in total. The molecule has 1 amide bonds. The predicted molar refractivity (Wildman–Crippen MR) is 158 cm³/mol. The minimum Gasteiger partial charge on any atom is -0.504 e. The van der Waals surface area contributed by atoms with Crippen molar-refractivity contribution in [2.24, 2.45) is 0 Å². The maximum absolute atomic E-state index is 13.6. The third-order valence-electron chi connectivity index (χ3n) is 8.08. The van der Waals surface area contributed by atoms with E-state index in [1.165, 1.54) is 43.3 Å². The second kappa shape index (κ2) is 14.2. The SMILES string of the molecule is C/C(=C\c1ccc(O[C@@H]2O[C@H](/C(C)=C/COc3ccc(Cl)c(F)c3)[C@@H](O)[C@@H]2O)c(O)c1)C(=O)N[C@@H]1[C@H](O)[C@@H](O)[C@H]2OCO[C@H]2[C@@H]1O. The predicted octanol–water partition coefficient (Wildman–Crippen LogP) is 0.761. The van der Waals surface area contributed by atoms with Crippen molar-refractivity contribution in [1.82, 2.24) is 5.32 Å². The molecule has 250 valence electrons. The molecule has 13 nitrogen and oxygen atoms in total. The van der Waals surface area contributed by atoms with E-state index in [9.17, 15) is 39.8 Å². The summed E-state index contributed by atoms with van der Waals surface area (Å²) in [5, 5.41) is 65.5. The van der Waals surface area contributed by atoms with Crippen LogP contribution >= 0.6 is 11.6 Å². The Balaban J connectivity index is 1.18. The number of amides is 1. The van der Waals surface area contributed by atoms with Crippen molar-refractivity contribution >= 4 is 23.6 Å². The summed E-state index contributed by atoms with van der Waals surface area (Å²) >= 11 is 5.67. The van der Waals surface area contributed by atoms with Crippen molar-refractivity contribution in [2.75, 3.05) is 13.4 Å². The highest BCUT2D eigenvalue weighted by atomic mass is 35.5. The molecule has 2 aromatic carbocycles. The molecular weight excluding hydrogens is 633 g/mol. The van der Waals surface area contributed by atoms with E-state index in [1.54, 1.807) is 13.0 Å². The van der Waals surface area contributed by atoms with Crippen LogP contribution in [-0.4, -0.2) is 111 Å². The van der Waals surface area contributed by atoms with Gasteiger partial charge in [-0.15, -0.1) is 0 Å². The normalized spacial score (nSPS) is 33.1. The maximum Gasteiger partial charge on any atom is 0.247 e. The molecule has 2 aromatic rings. The van der Waals surface area contributed by atoms with E-state index in [2.05, 4.69) is 5.32 Å². The lowest BCUT2D eigenvalue weighted by Gasteiger charge is -2.41. The van der Waals surface area contributed by atoms with Crippen LogP contribution in [0.2, 0.25) is 5.02 Å². The number of aliphatic hydroxyl groups excluding tert-OH is 5. The largest absolute Gasteiger partial charge is 0.504 e. The summed E-state index contributed by atoms with van der Waals surface area (Å²) in [4.78, 5) is 12.9. The number of aromatic hydroxyl groups is 1. The highest BCUT2D eigenvalue weighted by molar-refractivity contribution is 6.30. The molecule has 2 saturated heterocycles. The molecule has 10 atom stereocenters. The van der Waals surface area contributed by atoms with Crippen LogP contribution in [0.25, 0.3) is 6.08 Å². The first-order valence-electron chi connectivity index (χ1n) is 14.4. The summed E-state index contributed by atoms with van der Waals surface area (Å²) in [6.07, 6.45) is -8.15. The van der Waals surface area contributed by atoms with E-state index in [-0.39, 0.29) is 41.2 Å². The Hall–Kier alpha value is -3.31. The average molecular weight is 668 g/mol. The van der Waals surface area contributed by atoms with Gasteiger partial charge in [-0.05, 0) is 61.4 Å². The summed E-state index contributed by atoms with van der Waals surface area (Å²) < 4.78 is 41.0. The Morgan fingerprint density at radius 1 is 1.00 bits per heavy atom. The average Bonchev–Trinajstić information content (AvgIpc) is 3.62. The molecule has 1 aliphatic carbocycles. The maximum atomic E-state index is 13.6. The van der Waals surface area contributed by atoms with Gasteiger partial charge in [0.1, 0.15) is 73.8 Å². The zero-order chi connectivity index (χ0) is 33.3. The zero-order valence-electron chi connectivity index (χ0n) is 24.7. The van der Waals surface area contributed by atoms with Crippen LogP contribution < -0.4 is 14.8 Å². The third-order valence-corrected chi connectivity index (χ3v) is 8.39. The van der Waals surface area contributed by atoms with Gasteiger partial charge in [-0.1, -0.05) is 17.7 Å². The van der Waals surface area contributed by atoms with Crippen molar-refractivity contribution in [3.05, 3.63) is 70.0 Å². The number of aliphatic hydroxyl groups is 5. The number of phenolic OH excluding ortho intramolecular Hbond substituents is 1. The molecule has 2 aliphatic heterocycles. The minimum absolute atomic E-state index is 0.0163. The molecule has 3 aliphatic rings. The molecule has 0 aromatic heterocycles. The van der Waals surface area contributed by atoms with Gasteiger partial charge in [-0.2, -0.15) is 0 Å². The molecular formula is C31H35ClFNO12. The van der Waals surface area contributed by atoms with E-state index in [1.807, 2.05) is 0 Å². The van der Waals surface area contributed by atoms with Crippen molar-refractivity contribution in [3.63, 3.8) is 0 Å². The van der Waals surface area contributed by atoms with Gasteiger partial charge >= 0.3 is 0 Å². The summed E-state index contributed by atoms with van der Waals surface area (Å²) in [5.74, 6) is -1.45. The number of nitrogens with one attached hydrogen (secondary N) is 1.